The molecule has 2 rings (SSSR count). The minimum Gasteiger partial charge on any atom is -0.495 e. The van der Waals surface area contributed by atoms with E-state index in [0.717, 1.165) is 12.0 Å². The molecule has 0 aliphatic heterocycles. The van der Waals surface area contributed by atoms with E-state index in [-0.39, 0.29) is 4.90 Å². The first-order valence-corrected chi connectivity index (χ1v) is 9.19. The van der Waals surface area contributed by atoms with E-state index in [4.69, 9.17) is 16.3 Å². The van der Waals surface area contributed by atoms with Crippen molar-refractivity contribution >= 4 is 27.3 Å². The van der Waals surface area contributed by atoms with Crippen molar-refractivity contribution in [3.63, 3.8) is 0 Å². The van der Waals surface area contributed by atoms with Gasteiger partial charge >= 0.3 is 0 Å². The second kappa shape index (κ2) is 7.23. The number of rotatable bonds is 6. The molecule has 0 saturated heterocycles. The van der Waals surface area contributed by atoms with Crippen LogP contribution >= 0.6 is 11.6 Å². The molecule has 124 valence electrons. The first-order valence-electron chi connectivity index (χ1n) is 7.33. The lowest BCUT2D eigenvalue weighted by atomic mass is 9.99. The summed E-state index contributed by atoms with van der Waals surface area (Å²) in [5, 5.41) is 0.426. The Labute approximate surface area is 142 Å². The molecule has 23 heavy (non-hydrogen) atoms. The Hall–Kier alpha value is -1.72. The third kappa shape index (κ3) is 4.18. The van der Waals surface area contributed by atoms with Gasteiger partial charge in [0.2, 0.25) is 0 Å². The van der Waals surface area contributed by atoms with E-state index in [1.54, 1.807) is 24.3 Å². The van der Waals surface area contributed by atoms with Crippen molar-refractivity contribution in [3.8, 4) is 5.75 Å². The van der Waals surface area contributed by atoms with Crippen LogP contribution in [-0.2, 0) is 10.0 Å². The van der Waals surface area contributed by atoms with E-state index in [1.165, 1.54) is 13.2 Å². The van der Waals surface area contributed by atoms with Gasteiger partial charge in [0.05, 0.1) is 17.7 Å². The van der Waals surface area contributed by atoms with Gasteiger partial charge in [-0.2, -0.15) is 0 Å². The number of ether oxygens (including phenoxy) is 1. The molecule has 0 amide bonds. The number of hydrogen-bond acceptors (Lipinski definition) is 3. The van der Waals surface area contributed by atoms with Crippen molar-refractivity contribution in [1.82, 2.24) is 0 Å². The molecule has 1 N–H and O–H groups in total. The fourth-order valence-electron chi connectivity index (χ4n) is 2.17. The predicted molar refractivity (Wildman–Crippen MR) is 94.0 cm³/mol. The largest absolute Gasteiger partial charge is 0.495 e. The molecule has 6 heteroatoms. The molecule has 0 saturated carbocycles. The van der Waals surface area contributed by atoms with Gasteiger partial charge in [-0.15, -0.1) is 0 Å². The summed E-state index contributed by atoms with van der Waals surface area (Å²) in [4.78, 5) is 0.201. The lowest BCUT2D eigenvalue weighted by Crippen LogP contribution is -2.13. The first kappa shape index (κ1) is 17.6. The van der Waals surface area contributed by atoms with Crippen LogP contribution in [0.4, 0.5) is 5.69 Å². The molecular weight excluding hydrogens is 334 g/mol. The summed E-state index contributed by atoms with van der Waals surface area (Å²) in [6.07, 6.45) is 1.00. The zero-order chi connectivity index (χ0) is 17.0. The normalized spacial score (nSPS) is 12.7. The summed E-state index contributed by atoms with van der Waals surface area (Å²) in [5.74, 6) is 0.807. The van der Waals surface area contributed by atoms with E-state index >= 15 is 0 Å². The maximum absolute atomic E-state index is 12.5. The van der Waals surface area contributed by atoms with Crippen molar-refractivity contribution in [2.45, 2.75) is 31.1 Å². The van der Waals surface area contributed by atoms with Crippen LogP contribution < -0.4 is 9.46 Å². The minimum atomic E-state index is -3.70. The maximum Gasteiger partial charge on any atom is 0.262 e. The van der Waals surface area contributed by atoms with E-state index < -0.39 is 10.0 Å². The fourth-order valence-corrected chi connectivity index (χ4v) is 3.41. The van der Waals surface area contributed by atoms with Gasteiger partial charge in [-0.1, -0.05) is 37.6 Å². The van der Waals surface area contributed by atoms with Crippen LogP contribution in [0.5, 0.6) is 5.75 Å². The Morgan fingerprint density at radius 1 is 1.17 bits per heavy atom. The molecule has 1 unspecified atom stereocenters. The Bertz CT molecular complexity index is 773. The van der Waals surface area contributed by atoms with Gasteiger partial charge in [-0.25, -0.2) is 8.42 Å². The van der Waals surface area contributed by atoms with Gasteiger partial charge in [0.15, 0.2) is 0 Å². The molecule has 0 fully saturated rings. The van der Waals surface area contributed by atoms with Gasteiger partial charge in [0.1, 0.15) is 5.75 Å². The van der Waals surface area contributed by atoms with Gasteiger partial charge in [0.25, 0.3) is 10.0 Å². The second-order valence-electron chi connectivity index (χ2n) is 5.33. The second-order valence-corrected chi connectivity index (χ2v) is 7.45. The summed E-state index contributed by atoms with van der Waals surface area (Å²) >= 11 is 5.93. The number of halogens is 1. The van der Waals surface area contributed by atoms with Gasteiger partial charge in [0, 0.05) is 5.02 Å². The quantitative estimate of drug-likeness (QED) is 0.821. The molecule has 2 aromatic carbocycles. The minimum absolute atomic E-state index is 0.201. The van der Waals surface area contributed by atoms with Crippen molar-refractivity contribution < 1.29 is 13.2 Å². The van der Waals surface area contributed by atoms with E-state index in [2.05, 4.69) is 18.6 Å². The topological polar surface area (TPSA) is 55.4 Å². The standard InChI is InChI=1S/C17H20ClNO3S/c1-4-12(2)13-5-8-15(9-6-13)23(20,21)19-16-11-14(18)7-10-17(16)22-3/h5-12,19H,4H2,1-3H3. The van der Waals surface area contributed by atoms with Crippen LogP contribution in [-0.4, -0.2) is 15.5 Å². The third-order valence-electron chi connectivity index (χ3n) is 3.78. The van der Waals surface area contributed by atoms with E-state index in [0.29, 0.717) is 22.4 Å². The zero-order valence-corrected chi connectivity index (χ0v) is 14.9. The Balaban J connectivity index is 2.30. The Kier molecular flexibility index (Phi) is 5.55. The van der Waals surface area contributed by atoms with Crippen LogP contribution in [0.3, 0.4) is 0 Å². The SMILES string of the molecule is CCC(C)c1ccc(S(=O)(=O)Nc2cc(Cl)ccc2OC)cc1. The smallest absolute Gasteiger partial charge is 0.262 e. The average Bonchev–Trinajstić information content (AvgIpc) is 2.54. The van der Waals surface area contributed by atoms with Crippen LogP contribution in [0.25, 0.3) is 0 Å². The van der Waals surface area contributed by atoms with Gasteiger partial charge in [-0.05, 0) is 48.2 Å². The van der Waals surface area contributed by atoms with Gasteiger partial charge < -0.3 is 4.74 Å². The van der Waals surface area contributed by atoms with E-state index in [1.807, 2.05) is 12.1 Å². The monoisotopic (exact) mass is 353 g/mol. The van der Waals surface area contributed by atoms with Crippen molar-refractivity contribution in [3.05, 3.63) is 53.1 Å². The third-order valence-corrected chi connectivity index (χ3v) is 5.39. The van der Waals surface area contributed by atoms with Crippen LogP contribution in [0, 0.1) is 0 Å². The molecule has 0 aliphatic carbocycles. The summed E-state index contributed by atoms with van der Waals surface area (Å²) in [6, 6.07) is 11.7. The summed E-state index contributed by atoms with van der Waals surface area (Å²) < 4.78 is 32.7. The molecule has 4 nitrogen and oxygen atoms in total. The summed E-state index contributed by atoms with van der Waals surface area (Å²) in [6.45, 7) is 4.21. The molecule has 2 aromatic rings. The molecule has 0 aliphatic rings. The summed E-state index contributed by atoms with van der Waals surface area (Å²) in [7, 11) is -2.23. The molecule has 0 spiro atoms. The molecular formula is C17H20ClNO3S. The van der Waals surface area contributed by atoms with Crippen LogP contribution in [0.15, 0.2) is 47.4 Å². The van der Waals surface area contributed by atoms with Crippen LogP contribution in [0.1, 0.15) is 31.7 Å². The Morgan fingerprint density at radius 2 is 1.83 bits per heavy atom. The molecule has 1 atom stereocenters. The first-order chi connectivity index (χ1) is 10.9. The number of methoxy groups -OCH3 is 1. The maximum atomic E-state index is 12.5. The average molecular weight is 354 g/mol. The highest BCUT2D eigenvalue weighted by Crippen LogP contribution is 2.30. The van der Waals surface area contributed by atoms with Crippen LogP contribution in [0.2, 0.25) is 5.02 Å². The molecule has 0 heterocycles. The molecule has 0 radical (unpaired) electrons. The lowest BCUT2D eigenvalue weighted by Gasteiger charge is -2.13. The van der Waals surface area contributed by atoms with Gasteiger partial charge in [-0.3, -0.25) is 4.72 Å². The fraction of sp³-hybridized carbons (Fsp3) is 0.294. The van der Waals surface area contributed by atoms with Crippen molar-refractivity contribution in [2.75, 3.05) is 11.8 Å². The number of hydrogen-bond donors (Lipinski definition) is 1. The highest BCUT2D eigenvalue weighted by atomic mass is 35.5. The zero-order valence-electron chi connectivity index (χ0n) is 13.3. The number of benzene rings is 2. The number of anilines is 1. The number of nitrogens with one attached hydrogen (secondary N) is 1. The highest BCUT2D eigenvalue weighted by Gasteiger charge is 2.17. The van der Waals surface area contributed by atoms with E-state index in [9.17, 15) is 8.42 Å². The lowest BCUT2D eigenvalue weighted by molar-refractivity contribution is 0.417. The molecule has 0 bridgehead atoms. The Morgan fingerprint density at radius 3 is 2.39 bits per heavy atom. The highest BCUT2D eigenvalue weighted by molar-refractivity contribution is 7.92. The summed E-state index contributed by atoms with van der Waals surface area (Å²) in [5.41, 5.74) is 1.43. The van der Waals surface area contributed by atoms with Crippen molar-refractivity contribution in [1.29, 1.82) is 0 Å². The predicted octanol–water partition coefficient (Wildman–Crippen LogP) is 4.66. The number of sulfonamides is 1. The molecule has 0 aromatic heterocycles. The van der Waals surface area contributed by atoms with Crippen molar-refractivity contribution in [2.24, 2.45) is 0 Å².